The van der Waals surface area contributed by atoms with Gasteiger partial charge in [0, 0.05) is 19.5 Å². The van der Waals surface area contributed by atoms with Crippen molar-refractivity contribution in [2.75, 3.05) is 26.2 Å². The fraction of sp³-hybridized carbons (Fsp3) is 0.917. The van der Waals surface area contributed by atoms with Gasteiger partial charge in [-0.3, -0.25) is 4.79 Å². The molecule has 1 unspecified atom stereocenters. The Bertz CT molecular complexity index is 204. The van der Waals surface area contributed by atoms with E-state index in [0.29, 0.717) is 11.8 Å². The molecule has 2 aliphatic rings. The van der Waals surface area contributed by atoms with E-state index in [-0.39, 0.29) is 0 Å². The highest BCUT2D eigenvalue weighted by atomic mass is 16.2. The van der Waals surface area contributed by atoms with Crippen LogP contribution in [0.4, 0.5) is 0 Å². The Kier molecular flexibility index (Phi) is 4.01. The summed E-state index contributed by atoms with van der Waals surface area (Å²) in [7, 11) is 0. The number of hydrogen-bond acceptors (Lipinski definition) is 2. The fourth-order valence-corrected chi connectivity index (χ4v) is 2.64. The predicted octanol–water partition coefficient (Wildman–Crippen LogP) is 1.39. The van der Waals surface area contributed by atoms with Gasteiger partial charge in [-0.25, -0.2) is 0 Å². The Hall–Kier alpha value is -0.570. The Morgan fingerprint density at radius 1 is 1.13 bits per heavy atom. The maximum Gasteiger partial charge on any atom is 0.222 e. The van der Waals surface area contributed by atoms with E-state index in [2.05, 4.69) is 10.2 Å². The quantitative estimate of drug-likeness (QED) is 0.747. The molecule has 1 amide bonds. The molecule has 0 saturated carbocycles. The maximum atomic E-state index is 11.9. The normalized spacial score (nSPS) is 27.7. The van der Waals surface area contributed by atoms with Crippen molar-refractivity contribution in [3.63, 3.8) is 0 Å². The summed E-state index contributed by atoms with van der Waals surface area (Å²) in [4.78, 5) is 14.0. The minimum Gasteiger partial charge on any atom is -0.343 e. The van der Waals surface area contributed by atoms with Gasteiger partial charge in [-0.05, 0) is 51.1 Å². The SMILES string of the molecule is O=C(CC1CCCNCC1)N1CCCC1. The molecule has 3 heteroatoms. The first-order valence-electron chi connectivity index (χ1n) is 6.35. The van der Waals surface area contributed by atoms with E-state index in [1.54, 1.807) is 0 Å². The van der Waals surface area contributed by atoms with Crippen LogP contribution in [0, 0.1) is 5.92 Å². The molecule has 0 aliphatic carbocycles. The molecule has 1 N–H and O–H groups in total. The minimum absolute atomic E-state index is 0.402. The summed E-state index contributed by atoms with van der Waals surface area (Å²) < 4.78 is 0. The third-order valence-corrected chi connectivity index (χ3v) is 3.62. The van der Waals surface area contributed by atoms with Crippen LogP contribution in [0.2, 0.25) is 0 Å². The fourth-order valence-electron chi connectivity index (χ4n) is 2.64. The lowest BCUT2D eigenvalue weighted by atomic mass is 9.96. The van der Waals surface area contributed by atoms with Gasteiger partial charge in [-0.1, -0.05) is 0 Å². The second-order valence-electron chi connectivity index (χ2n) is 4.84. The summed E-state index contributed by atoms with van der Waals surface area (Å²) in [6, 6.07) is 0. The molecule has 0 bridgehead atoms. The van der Waals surface area contributed by atoms with Crippen LogP contribution in [0.25, 0.3) is 0 Å². The third-order valence-electron chi connectivity index (χ3n) is 3.62. The first kappa shape index (κ1) is 10.9. The number of nitrogens with one attached hydrogen (secondary N) is 1. The third kappa shape index (κ3) is 3.20. The number of amides is 1. The van der Waals surface area contributed by atoms with E-state index >= 15 is 0 Å². The molecular weight excluding hydrogens is 188 g/mol. The zero-order chi connectivity index (χ0) is 10.5. The van der Waals surface area contributed by atoms with Crippen LogP contribution in [0.15, 0.2) is 0 Å². The molecule has 86 valence electrons. The monoisotopic (exact) mass is 210 g/mol. The average molecular weight is 210 g/mol. The van der Waals surface area contributed by atoms with Gasteiger partial charge >= 0.3 is 0 Å². The van der Waals surface area contributed by atoms with E-state index in [4.69, 9.17) is 0 Å². The molecule has 2 aliphatic heterocycles. The molecule has 0 aromatic rings. The van der Waals surface area contributed by atoms with Gasteiger partial charge in [0.1, 0.15) is 0 Å². The molecule has 0 aromatic heterocycles. The van der Waals surface area contributed by atoms with Crippen molar-refractivity contribution in [1.29, 1.82) is 0 Å². The lowest BCUT2D eigenvalue weighted by Gasteiger charge is -2.19. The summed E-state index contributed by atoms with van der Waals surface area (Å²) in [5.41, 5.74) is 0. The van der Waals surface area contributed by atoms with E-state index in [1.807, 2.05) is 0 Å². The minimum atomic E-state index is 0.402. The summed E-state index contributed by atoms with van der Waals surface area (Å²) in [5.74, 6) is 1.03. The van der Waals surface area contributed by atoms with Gasteiger partial charge in [-0.2, -0.15) is 0 Å². The number of likely N-dealkylation sites (tertiary alicyclic amines) is 1. The molecule has 0 aromatic carbocycles. The van der Waals surface area contributed by atoms with E-state index < -0.39 is 0 Å². The molecule has 3 nitrogen and oxygen atoms in total. The molecular formula is C12H22N2O. The van der Waals surface area contributed by atoms with Crippen LogP contribution in [-0.2, 0) is 4.79 Å². The van der Waals surface area contributed by atoms with Crippen LogP contribution in [-0.4, -0.2) is 37.0 Å². The van der Waals surface area contributed by atoms with E-state index in [9.17, 15) is 4.79 Å². The van der Waals surface area contributed by atoms with Crippen molar-refractivity contribution in [2.24, 2.45) is 5.92 Å². The number of carbonyl (C=O) groups is 1. The largest absolute Gasteiger partial charge is 0.343 e. The topological polar surface area (TPSA) is 32.3 Å². The zero-order valence-electron chi connectivity index (χ0n) is 9.50. The first-order chi connectivity index (χ1) is 7.36. The van der Waals surface area contributed by atoms with Gasteiger partial charge in [-0.15, -0.1) is 0 Å². The smallest absolute Gasteiger partial charge is 0.222 e. The molecule has 2 fully saturated rings. The van der Waals surface area contributed by atoms with Crippen molar-refractivity contribution in [2.45, 2.75) is 38.5 Å². The van der Waals surface area contributed by atoms with Crippen molar-refractivity contribution >= 4 is 5.91 Å². The Labute approximate surface area is 92.2 Å². The summed E-state index contributed by atoms with van der Waals surface area (Å²) in [6.45, 7) is 4.24. The van der Waals surface area contributed by atoms with Crippen molar-refractivity contribution in [1.82, 2.24) is 10.2 Å². The van der Waals surface area contributed by atoms with Crippen molar-refractivity contribution < 1.29 is 4.79 Å². The highest BCUT2D eigenvalue weighted by Gasteiger charge is 2.22. The second kappa shape index (κ2) is 5.50. The highest BCUT2D eigenvalue weighted by molar-refractivity contribution is 5.76. The summed E-state index contributed by atoms with van der Waals surface area (Å²) in [5, 5.41) is 3.40. The van der Waals surface area contributed by atoms with Gasteiger partial charge in [0.05, 0.1) is 0 Å². The van der Waals surface area contributed by atoms with Gasteiger partial charge in [0.2, 0.25) is 5.91 Å². The molecule has 15 heavy (non-hydrogen) atoms. The first-order valence-corrected chi connectivity index (χ1v) is 6.35. The van der Waals surface area contributed by atoms with Crippen LogP contribution < -0.4 is 5.32 Å². The molecule has 2 heterocycles. The van der Waals surface area contributed by atoms with Crippen LogP contribution in [0.3, 0.4) is 0 Å². The Morgan fingerprint density at radius 2 is 1.93 bits per heavy atom. The summed E-state index contributed by atoms with van der Waals surface area (Å²) in [6.07, 6.45) is 6.85. The molecule has 0 spiro atoms. The number of rotatable bonds is 2. The molecule has 2 saturated heterocycles. The highest BCUT2D eigenvalue weighted by Crippen LogP contribution is 2.20. The number of hydrogen-bond donors (Lipinski definition) is 1. The lowest BCUT2D eigenvalue weighted by molar-refractivity contribution is -0.131. The van der Waals surface area contributed by atoms with Gasteiger partial charge in [0.25, 0.3) is 0 Å². The molecule has 2 rings (SSSR count). The van der Waals surface area contributed by atoms with Gasteiger partial charge < -0.3 is 10.2 Å². The Morgan fingerprint density at radius 3 is 2.73 bits per heavy atom. The van der Waals surface area contributed by atoms with Crippen molar-refractivity contribution in [3.05, 3.63) is 0 Å². The molecule has 0 radical (unpaired) electrons. The summed E-state index contributed by atoms with van der Waals surface area (Å²) >= 11 is 0. The lowest BCUT2D eigenvalue weighted by Crippen LogP contribution is -2.29. The van der Waals surface area contributed by atoms with Crippen molar-refractivity contribution in [3.8, 4) is 0 Å². The predicted molar refractivity (Wildman–Crippen MR) is 60.6 cm³/mol. The molecule has 1 atom stereocenters. The van der Waals surface area contributed by atoms with Gasteiger partial charge in [0.15, 0.2) is 0 Å². The van der Waals surface area contributed by atoms with Crippen LogP contribution in [0.5, 0.6) is 0 Å². The second-order valence-corrected chi connectivity index (χ2v) is 4.84. The average Bonchev–Trinajstić information content (AvgIpc) is 2.65. The van der Waals surface area contributed by atoms with Crippen LogP contribution in [0.1, 0.15) is 38.5 Å². The number of nitrogens with zero attached hydrogens (tertiary/aromatic N) is 1. The van der Waals surface area contributed by atoms with E-state index in [1.165, 1.54) is 32.1 Å². The van der Waals surface area contributed by atoms with Crippen LogP contribution >= 0.6 is 0 Å². The standard InChI is InChI=1S/C12H22N2O/c15-12(14-8-1-2-9-14)10-11-4-3-6-13-7-5-11/h11,13H,1-10H2. The zero-order valence-corrected chi connectivity index (χ0v) is 9.50. The maximum absolute atomic E-state index is 11.9. The number of carbonyl (C=O) groups excluding carboxylic acids is 1. The van der Waals surface area contributed by atoms with E-state index in [0.717, 1.165) is 32.6 Å². The Balaban J connectivity index is 1.76.